The fourth-order valence-electron chi connectivity index (χ4n) is 0.943. The van der Waals surface area contributed by atoms with Crippen molar-refractivity contribution >= 4 is 5.91 Å². The van der Waals surface area contributed by atoms with E-state index in [-0.39, 0.29) is 19.6 Å². The lowest BCUT2D eigenvalue weighted by molar-refractivity contribution is -0.118. The van der Waals surface area contributed by atoms with Crippen molar-refractivity contribution in [3.05, 3.63) is 29.8 Å². The summed E-state index contributed by atoms with van der Waals surface area (Å²) >= 11 is 0. The van der Waals surface area contributed by atoms with E-state index in [0.717, 1.165) is 0 Å². The second-order valence-electron chi connectivity index (χ2n) is 2.77. The van der Waals surface area contributed by atoms with Crippen LogP contribution in [-0.2, 0) is 11.4 Å². The molecule has 0 aliphatic heterocycles. The average Bonchev–Trinajstić information content (AvgIpc) is 2.18. The topological polar surface area (TPSA) is 72.6 Å². The molecule has 1 aromatic carbocycles. The molecule has 3 N–H and O–H groups in total. The highest BCUT2D eigenvalue weighted by Crippen LogP contribution is 2.12. The lowest BCUT2D eigenvalue weighted by Gasteiger charge is -2.05. The Morgan fingerprint density at radius 2 is 2.43 bits per heavy atom. The summed E-state index contributed by atoms with van der Waals surface area (Å²) in [5.41, 5.74) is 5.60. The SMILES string of the molecule is NC(=O)CCOc1cc[c]c(CO)c1. The molecule has 0 aromatic heterocycles. The van der Waals surface area contributed by atoms with Gasteiger partial charge in [0.25, 0.3) is 0 Å². The van der Waals surface area contributed by atoms with E-state index >= 15 is 0 Å². The standard InChI is InChI=1S/C10H12NO3/c11-10(13)4-5-14-9-3-1-2-8(6-9)7-12/h1,3,6,12H,4-5,7H2,(H2,11,13). The summed E-state index contributed by atoms with van der Waals surface area (Å²) in [6.45, 7) is 0.178. The third kappa shape index (κ3) is 3.45. The van der Waals surface area contributed by atoms with Crippen LogP contribution in [0, 0.1) is 6.07 Å². The summed E-state index contributed by atoms with van der Waals surface area (Å²) in [6, 6.07) is 7.87. The van der Waals surface area contributed by atoms with Gasteiger partial charge in [-0.1, -0.05) is 6.07 Å². The lowest BCUT2D eigenvalue weighted by Crippen LogP contribution is -2.14. The number of hydrogen-bond donors (Lipinski definition) is 2. The Bertz CT molecular complexity index is 312. The van der Waals surface area contributed by atoms with Gasteiger partial charge in [0.1, 0.15) is 5.75 Å². The van der Waals surface area contributed by atoms with Crippen molar-refractivity contribution in [2.24, 2.45) is 5.73 Å². The number of hydrogen-bond acceptors (Lipinski definition) is 3. The lowest BCUT2D eigenvalue weighted by atomic mass is 10.2. The van der Waals surface area contributed by atoms with Crippen LogP contribution in [0.15, 0.2) is 18.2 Å². The van der Waals surface area contributed by atoms with Gasteiger partial charge in [0.05, 0.1) is 19.6 Å². The largest absolute Gasteiger partial charge is 0.493 e. The van der Waals surface area contributed by atoms with Gasteiger partial charge in [0.15, 0.2) is 0 Å². The minimum atomic E-state index is -0.394. The highest BCUT2D eigenvalue weighted by Gasteiger charge is 1.98. The van der Waals surface area contributed by atoms with Crippen molar-refractivity contribution in [2.45, 2.75) is 13.0 Å². The number of carbonyl (C=O) groups excluding carboxylic acids is 1. The Morgan fingerprint density at radius 3 is 3.07 bits per heavy atom. The maximum Gasteiger partial charge on any atom is 0.220 e. The highest BCUT2D eigenvalue weighted by molar-refractivity contribution is 5.73. The van der Waals surface area contributed by atoms with Gasteiger partial charge in [-0.25, -0.2) is 0 Å². The van der Waals surface area contributed by atoms with Gasteiger partial charge < -0.3 is 15.6 Å². The normalized spacial score (nSPS) is 9.79. The first-order chi connectivity index (χ1) is 6.72. The van der Waals surface area contributed by atoms with Gasteiger partial charge in [-0.3, -0.25) is 4.79 Å². The summed E-state index contributed by atoms with van der Waals surface area (Å²) in [5, 5.41) is 8.81. The molecule has 0 aliphatic carbocycles. The van der Waals surface area contributed by atoms with E-state index in [1.54, 1.807) is 18.2 Å². The van der Waals surface area contributed by atoms with E-state index in [1.807, 2.05) is 0 Å². The molecule has 0 saturated carbocycles. The zero-order valence-corrected chi connectivity index (χ0v) is 7.69. The molecule has 75 valence electrons. The van der Waals surface area contributed by atoms with Crippen LogP contribution in [0.4, 0.5) is 0 Å². The summed E-state index contributed by atoms with van der Waals surface area (Å²) in [4.78, 5) is 10.4. The van der Waals surface area contributed by atoms with E-state index in [0.29, 0.717) is 11.3 Å². The minimum Gasteiger partial charge on any atom is -0.493 e. The molecule has 14 heavy (non-hydrogen) atoms. The highest BCUT2D eigenvalue weighted by atomic mass is 16.5. The molecule has 0 spiro atoms. The Kier molecular flexibility index (Phi) is 3.94. The van der Waals surface area contributed by atoms with Crippen molar-refractivity contribution < 1.29 is 14.6 Å². The number of amides is 1. The van der Waals surface area contributed by atoms with Crippen molar-refractivity contribution in [3.63, 3.8) is 0 Å². The van der Waals surface area contributed by atoms with E-state index in [9.17, 15) is 4.79 Å². The Morgan fingerprint density at radius 1 is 1.64 bits per heavy atom. The van der Waals surface area contributed by atoms with Gasteiger partial charge in [-0.05, 0) is 23.8 Å². The van der Waals surface area contributed by atoms with Crippen LogP contribution in [0.1, 0.15) is 12.0 Å². The van der Waals surface area contributed by atoms with E-state index < -0.39 is 5.91 Å². The van der Waals surface area contributed by atoms with Crippen molar-refractivity contribution in [2.75, 3.05) is 6.61 Å². The van der Waals surface area contributed by atoms with Crippen LogP contribution in [0.2, 0.25) is 0 Å². The number of rotatable bonds is 5. The van der Waals surface area contributed by atoms with Crippen LogP contribution in [0.3, 0.4) is 0 Å². The number of aliphatic hydroxyl groups is 1. The second-order valence-corrected chi connectivity index (χ2v) is 2.77. The van der Waals surface area contributed by atoms with Crippen molar-refractivity contribution in [1.82, 2.24) is 0 Å². The fourth-order valence-corrected chi connectivity index (χ4v) is 0.943. The molecule has 0 unspecified atom stereocenters. The molecule has 1 rings (SSSR count). The van der Waals surface area contributed by atoms with Crippen LogP contribution in [0.25, 0.3) is 0 Å². The zero-order chi connectivity index (χ0) is 10.4. The van der Waals surface area contributed by atoms with Crippen LogP contribution >= 0.6 is 0 Å². The average molecular weight is 194 g/mol. The number of benzene rings is 1. The molecule has 0 bridgehead atoms. The number of carbonyl (C=O) groups is 1. The van der Waals surface area contributed by atoms with Crippen LogP contribution < -0.4 is 10.5 Å². The van der Waals surface area contributed by atoms with Crippen molar-refractivity contribution in [1.29, 1.82) is 0 Å². The Balaban J connectivity index is 2.46. The maximum atomic E-state index is 10.4. The summed E-state index contributed by atoms with van der Waals surface area (Å²) in [5.74, 6) is 0.212. The molecular formula is C10H12NO3. The predicted octanol–water partition coefficient (Wildman–Crippen LogP) is 0.233. The van der Waals surface area contributed by atoms with Crippen LogP contribution in [-0.4, -0.2) is 17.6 Å². The third-order valence-electron chi connectivity index (χ3n) is 1.62. The van der Waals surface area contributed by atoms with Gasteiger partial charge in [0, 0.05) is 0 Å². The Hall–Kier alpha value is -1.55. The second kappa shape index (κ2) is 5.24. The molecule has 0 saturated heterocycles. The summed E-state index contributed by atoms with van der Waals surface area (Å²) in [7, 11) is 0. The number of ether oxygens (including phenoxy) is 1. The molecule has 1 aromatic rings. The number of nitrogens with two attached hydrogens (primary N) is 1. The third-order valence-corrected chi connectivity index (χ3v) is 1.62. The molecule has 4 nitrogen and oxygen atoms in total. The zero-order valence-electron chi connectivity index (χ0n) is 7.69. The monoisotopic (exact) mass is 194 g/mol. The van der Waals surface area contributed by atoms with E-state index in [4.69, 9.17) is 15.6 Å². The minimum absolute atomic E-state index is 0.0764. The predicted molar refractivity (Wildman–Crippen MR) is 50.5 cm³/mol. The molecule has 4 heteroatoms. The Labute approximate surface area is 82.3 Å². The van der Waals surface area contributed by atoms with E-state index in [2.05, 4.69) is 6.07 Å². The molecule has 1 amide bonds. The molecule has 0 aliphatic rings. The van der Waals surface area contributed by atoms with Gasteiger partial charge >= 0.3 is 0 Å². The quantitative estimate of drug-likeness (QED) is 0.704. The molecule has 1 radical (unpaired) electrons. The smallest absolute Gasteiger partial charge is 0.220 e. The van der Waals surface area contributed by atoms with Crippen molar-refractivity contribution in [3.8, 4) is 5.75 Å². The van der Waals surface area contributed by atoms with Gasteiger partial charge in [-0.15, -0.1) is 0 Å². The molecule has 0 fully saturated rings. The first-order valence-electron chi connectivity index (χ1n) is 4.25. The van der Waals surface area contributed by atoms with Crippen LogP contribution in [0.5, 0.6) is 5.75 Å². The van der Waals surface area contributed by atoms with Gasteiger partial charge in [0.2, 0.25) is 5.91 Å². The van der Waals surface area contributed by atoms with E-state index in [1.165, 1.54) is 0 Å². The number of primary amides is 1. The molecular weight excluding hydrogens is 182 g/mol. The number of aliphatic hydroxyl groups excluding tert-OH is 1. The maximum absolute atomic E-state index is 10.4. The summed E-state index contributed by atoms with van der Waals surface area (Å²) in [6.07, 6.45) is 0.188. The molecule has 0 atom stereocenters. The van der Waals surface area contributed by atoms with Gasteiger partial charge in [-0.2, -0.15) is 0 Å². The first-order valence-corrected chi connectivity index (χ1v) is 4.25. The summed E-state index contributed by atoms with van der Waals surface area (Å²) < 4.78 is 5.23. The molecule has 0 heterocycles. The fraction of sp³-hybridized carbons (Fsp3) is 0.300. The first kappa shape index (κ1) is 10.5.